The molecule has 4 nitrogen and oxygen atoms in total. The Bertz CT molecular complexity index is 926. The molecule has 0 heterocycles. The third-order valence-electron chi connectivity index (χ3n) is 5.18. The maximum absolute atomic E-state index is 13.3. The van der Waals surface area contributed by atoms with Gasteiger partial charge in [-0.05, 0) is 49.1 Å². The van der Waals surface area contributed by atoms with E-state index in [-0.39, 0.29) is 30.2 Å². The first-order valence-electron chi connectivity index (χ1n) is 10.6. The SMILES string of the molecule is CC[C@@H](C)NC(=O)[C@@H](CC)N(Cc1ccccc1Cl)C(=O)CSCc1ccc(Cl)cc1Cl. The van der Waals surface area contributed by atoms with E-state index in [1.54, 1.807) is 23.1 Å². The third-order valence-corrected chi connectivity index (χ3v) is 7.11. The summed E-state index contributed by atoms with van der Waals surface area (Å²) in [5.74, 6) is 0.521. The van der Waals surface area contributed by atoms with Crippen molar-refractivity contribution in [1.82, 2.24) is 10.2 Å². The minimum absolute atomic E-state index is 0.0373. The molecular weight excluding hydrogens is 487 g/mol. The number of benzene rings is 2. The molecule has 1 N–H and O–H groups in total. The van der Waals surface area contributed by atoms with Crippen LogP contribution in [0.15, 0.2) is 42.5 Å². The van der Waals surface area contributed by atoms with E-state index in [2.05, 4.69) is 5.32 Å². The molecule has 2 aromatic carbocycles. The highest BCUT2D eigenvalue weighted by Gasteiger charge is 2.29. The Morgan fingerprint density at radius 1 is 1.00 bits per heavy atom. The maximum atomic E-state index is 13.3. The zero-order chi connectivity index (χ0) is 23.7. The molecule has 0 aliphatic carbocycles. The van der Waals surface area contributed by atoms with Gasteiger partial charge in [0.1, 0.15) is 6.04 Å². The van der Waals surface area contributed by atoms with E-state index in [0.29, 0.717) is 27.2 Å². The molecule has 0 fully saturated rings. The van der Waals surface area contributed by atoms with Crippen molar-refractivity contribution >= 4 is 58.4 Å². The van der Waals surface area contributed by atoms with E-state index in [4.69, 9.17) is 34.8 Å². The van der Waals surface area contributed by atoms with Gasteiger partial charge in [0.25, 0.3) is 0 Å². The largest absolute Gasteiger partial charge is 0.352 e. The van der Waals surface area contributed by atoms with Gasteiger partial charge in [-0.3, -0.25) is 9.59 Å². The van der Waals surface area contributed by atoms with Crippen LogP contribution in [-0.4, -0.2) is 34.6 Å². The number of amides is 2. The molecule has 0 bridgehead atoms. The van der Waals surface area contributed by atoms with E-state index in [0.717, 1.165) is 17.5 Å². The number of nitrogens with zero attached hydrogens (tertiary/aromatic N) is 1. The molecule has 2 aromatic rings. The van der Waals surface area contributed by atoms with Crippen LogP contribution < -0.4 is 5.32 Å². The Hall–Kier alpha value is -1.40. The summed E-state index contributed by atoms with van der Waals surface area (Å²) in [7, 11) is 0. The molecule has 8 heteroatoms. The highest BCUT2D eigenvalue weighted by atomic mass is 35.5. The second-order valence-corrected chi connectivity index (χ2v) is 9.82. The van der Waals surface area contributed by atoms with E-state index in [1.807, 2.05) is 45.0 Å². The summed E-state index contributed by atoms with van der Waals surface area (Å²) in [5, 5.41) is 4.73. The molecule has 0 aliphatic rings. The number of hydrogen-bond acceptors (Lipinski definition) is 3. The molecule has 0 aliphatic heterocycles. The molecule has 0 spiro atoms. The lowest BCUT2D eigenvalue weighted by Gasteiger charge is -2.31. The van der Waals surface area contributed by atoms with Crippen LogP contribution in [0.25, 0.3) is 0 Å². The fourth-order valence-electron chi connectivity index (χ4n) is 3.14. The second kappa shape index (κ2) is 13.3. The summed E-state index contributed by atoms with van der Waals surface area (Å²) in [6.45, 7) is 6.15. The maximum Gasteiger partial charge on any atom is 0.243 e. The predicted molar refractivity (Wildman–Crippen MR) is 137 cm³/mol. The topological polar surface area (TPSA) is 49.4 Å². The molecule has 0 aromatic heterocycles. The van der Waals surface area contributed by atoms with Crippen molar-refractivity contribution in [1.29, 1.82) is 0 Å². The summed E-state index contributed by atoms with van der Waals surface area (Å²) < 4.78 is 0. The average molecular weight is 516 g/mol. The van der Waals surface area contributed by atoms with Crippen molar-refractivity contribution in [3.05, 3.63) is 68.7 Å². The number of nitrogens with one attached hydrogen (secondary N) is 1. The molecule has 0 unspecified atom stereocenters. The molecule has 0 saturated carbocycles. The number of rotatable bonds is 11. The Labute approximate surface area is 210 Å². The van der Waals surface area contributed by atoms with Crippen molar-refractivity contribution in [2.45, 2.75) is 58.0 Å². The molecule has 32 heavy (non-hydrogen) atoms. The van der Waals surface area contributed by atoms with Crippen molar-refractivity contribution in [3.63, 3.8) is 0 Å². The average Bonchev–Trinajstić information content (AvgIpc) is 2.76. The van der Waals surface area contributed by atoms with Gasteiger partial charge in [-0.1, -0.05) is 72.9 Å². The second-order valence-electron chi connectivity index (χ2n) is 7.58. The van der Waals surface area contributed by atoms with Crippen LogP contribution in [0.4, 0.5) is 0 Å². The molecule has 2 rings (SSSR count). The normalized spacial score (nSPS) is 12.8. The number of halogens is 3. The van der Waals surface area contributed by atoms with Crippen LogP contribution >= 0.6 is 46.6 Å². The molecule has 0 radical (unpaired) electrons. The number of carbonyl (C=O) groups excluding carboxylic acids is 2. The van der Waals surface area contributed by atoms with Crippen LogP contribution in [0.2, 0.25) is 15.1 Å². The first-order valence-corrected chi connectivity index (χ1v) is 12.9. The number of thioether (sulfide) groups is 1. The minimum atomic E-state index is -0.576. The predicted octanol–water partition coefficient (Wildman–Crippen LogP) is 6.60. The zero-order valence-corrected chi connectivity index (χ0v) is 21.6. The Morgan fingerprint density at radius 2 is 1.72 bits per heavy atom. The Kier molecular flexibility index (Phi) is 11.2. The summed E-state index contributed by atoms with van der Waals surface area (Å²) in [6.07, 6.45) is 1.32. The van der Waals surface area contributed by atoms with E-state index in [9.17, 15) is 9.59 Å². The van der Waals surface area contributed by atoms with E-state index in [1.165, 1.54) is 11.8 Å². The van der Waals surface area contributed by atoms with Crippen LogP contribution in [0.5, 0.6) is 0 Å². The first kappa shape index (κ1) is 26.8. The summed E-state index contributed by atoms with van der Waals surface area (Å²) in [5.41, 5.74) is 1.72. The van der Waals surface area contributed by atoms with Crippen molar-refractivity contribution in [3.8, 4) is 0 Å². The third kappa shape index (κ3) is 7.87. The van der Waals surface area contributed by atoms with Crippen molar-refractivity contribution in [2.24, 2.45) is 0 Å². The smallest absolute Gasteiger partial charge is 0.243 e. The van der Waals surface area contributed by atoms with E-state index < -0.39 is 6.04 Å². The lowest BCUT2D eigenvalue weighted by molar-refractivity contribution is -0.139. The fourth-order valence-corrected chi connectivity index (χ4v) is 4.80. The summed E-state index contributed by atoms with van der Waals surface area (Å²) >= 11 is 20.0. The molecule has 2 amide bonds. The van der Waals surface area contributed by atoms with E-state index >= 15 is 0 Å². The number of hydrogen-bond donors (Lipinski definition) is 1. The molecular formula is C24H29Cl3N2O2S. The standard InChI is InChI=1S/C24H29Cl3N2O2S/c1-4-16(3)28-24(31)22(5-2)29(13-17-8-6-7-9-20(17)26)23(30)15-32-14-18-10-11-19(25)12-21(18)27/h6-12,16,22H,4-5,13-15H2,1-3H3,(H,28,31)/t16-,22-/m1/s1. The quantitative estimate of drug-likeness (QED) is 0.367. The Balaban J connectivity index is 2.17. The number of carbonyl (C=O) groups is 2. The van der Waals surface area contributed by atoms with Gasteiger partial charge in [0.15, 0.2) is 0 Å². The van der Waals surface area contributed by atoms with Gasteiger partial charge in [-0.2, -0.15) is 0 Å². The van der Waals surface area contributed by atoms with Gasteiger partial charge in [0.05, 0.1) is 5.75 Å². The monoisotopic (exact) mass is 514 g/mol. The molecule has 174 valence electrons. The van der Waals surface area contributed by atoms with Gasteiger partial charge in [-0.25, -0.2) is 0 Å². The van der Waals surface area contributed by atoms with Crippen molar-refractivity contribution < 1.29 is 9.59 Å². The van der Waals surface area contributed by atoms with Gasteiger partial charge >= 0.3 is 0 Å². The first-order chi connectivity index (χ1) is 15.3. The fraction of sp³-hybridized carbons (Fsp3) is 0.417. The van der Waals surface area contributed by atoms with Crippen molar-refractivity contribution in [2.75, 3.05) is 5.75 Å². The van der Waals surface area contributed by atoms with Crippen LogP contribution in [-0.2, 0) is 21.9 Å². The summed E-state index contributed by atoms with van der Waals surface area (Å²) in [6, 6.07) is 12.2. The zero-order valence-electron chi connectivity index (χ0n) is 18.5. The summed E-state index contributed by atoms with van der Waals surface area (Å²) in [4.78, 5) is 27.9. The Morgan fingerprint density at radius 3 is 2.34 bits per heavy atom. The van der Waals surface area contributed by atoms with Gasteiger partial charge in [-0.15, -0.1) is 11.8 Å². The lowest BCUT2D eigenvalue weighted by atomic mass is 10.1. The van der Waals surface area contributed by atoms with Crippen LogP contribution in [0.3, 0.4) is 0 Å². The van der Waals surface area contributed by atoms with Gasteiger partial charge < -0.3 is 10.2 Å². The molecule has 0 saturated heterocycles. The highest BCUT2D eigenvalue weighted by molar-refractivity contribution is 7.99. The van der Waals surface area contributed by atoms with Gasteiger partial charge in [0.2, 0.25) is 11.8 Å². The van der Waals surface area contributed by atoms with Crippen LogP contribution in [0.1, 0.15) is 44.7 Å². The van der Waals surface area contributed by atoms with Gasteiger partial charge in [0, 0.05) is 33.4 Å². The van der Waals surface area contributed by atoms with Crippen LogP contribution in [0, 0.1) is 0 Å². The molecule has 2 atom stereocenters. The minimum Gasteiger partial charge on any atom is -0.352 e. The highest BCUT2D eigenvalue weighted by Crippen LogP contribution is 2.26. The lowest BCUT2D eigenvalue weighted by Crippen LogP contribution is -2.51.